The van der Waals surface area contributed by atoms with Crippen LogP contribution in [0, 0.1) is 0 Å². The van der Waals surface area contributed by atoms with Gasteiger partial charge in [0, 0.05) is 0 Å². The average molecular weight is 164 g/mol. The van der Waals surface area contributed by atoms with Crippen LogP contribution in [0.1, 0.15) is 2.85 Å². The molecular weight excluding hydrogens is 156 g/mol. The average Bonchev–Trinajstić information content (AvgIpc) is 1.91. The predicted octanol–water partition coefficient (Wildman–Crippen LogP) is 1.07. The Labute approximate surface area is 92.2 Å². The Bertz CT molecular complexity index is 194. The van der Waals surface area contributed by atoms with Crippen LogP contribution in [0.4, 0.5) is 0 Å². The zero-order valence-corrected chi connectivity index (χ0v) is 7.70. The van der Waals surface area contributed by atoms with E-state index in [1.807, 2.05) is 6.07 Å². The van der Waals surface area contributed by atoms with Crippen LogP contribution >= 0.6 is 0 Å². The number of para-hydroxylation sites is 1. The largest absolute Gasteiger partial charge is 2.00 e. The summed E-state index contributed by atoms with van der Waals surface area (Å²) >= 11 is 0. The predicted molar refractivity (Wildman–Crippen MR) is 41.1 cm³/mol. The molecule has 0 heterocycles. The van der Waals surface area contributed by atoms with Gasteiger partial charge in [0.15, 0.2) is 0 Å². The van der Waals surface area contributed by atoms with E-state index in [0.29, 0.717) is 12.2 Å². The molecule has 0 bridgehead atoms. The minimum atomic E-state index is 0. The molecule has 3 heteroatoms. The second-order valence-electron chi connectivity index (χ2n) is 1.53. The first kappa shape index (κ1) is 9.95. The fourth-order valence-electron chi connectivity index (χ4n) is 0.555. The first-order chi connectivity index (χ1) is 4.43. The summed E-state index contributed by atoms with van der Waals surface area (Å²) in [6.45, 7) is 0.412. The summed E-state index contributed by atoms with van der Waals surface area (Å²) in [7, 11) is 0. The van der Waals surface area contributed by atoms with Crippen molar-refractivity contribution < 1.29 is 12.4 Å². The van der Waals surface area contributed by atoms with Crippen LogP contribution in [-0.2, 0) is 4.79 Å². The summed E-state index contributed by atoms with van der Waals surface area (Å²) in [5.41, 5.74) is 0. The number of rotatable bonds is 2. The van der Waals surface area contributed by atoms with Crippen LogP contribution in [0.3, 0.4) is 0 Å². The van der Waals surface area contributed by atoms with Crippen LogP contribution in [0.2, 0.25) is 0 Å². The van der Waals surface area contributed by atoms with Crippen molar-refractivity contribution in [3.05, 3.63) is 30.3 Å². The van der Waals surface area contributed by atoms with E-state index >= 15 is 0 Å². The maximum Gasteiger partial charge on any atom is 2.00 e. The van der Waals surface area contributed by atoms with Crippen LogP contribution in [0.5, 0.6) is 5.75 Å². The molecule has 1 aromatic rings. The van der Waals surface area contributed by atoms with Gasteiger partial charge in [-0.2, -0.15) is 0 Å². The molecular formula is C7H8CaO2. The van der Waals surface area contributed by atoms with E-state index in [9.17, 15) is 4.79 Å². The summed E-state index contributed by atoms with van der Waals surface area (Å²) in [4.78, 5) is 9.75. The summed E-state index contributed by atoms with van der Waals surface area (Å²) < 4.78 is 4.53. The number of ether oxygens (including phenoxy) is 1. The quantitative estimate of drug-likeness (QED) is 0.482. The Morgan fingerprint density at radius 3 is 2.40 bits per heavy atom. The molecule has 0 N–H and O–H groups in total. The molecule has 10 heavy (non-hydrogen) atoms. The van der Waals surface area contributed by atoms with Gasteiger partial charge in [-0.25, -0.2) is 0 Å². The fraction of sp³-hybridized carbons (Fsp3) is 0. The van der Waals surface area contributed by atoms with Crippen LogP contribution in [0.25, 0.3) is 0 Å². The molecule has 0 atom stereocenters. The molecule has 0 radical (unpaired) electrons. The second kappa shape index (κ2) is 5.71. The van der Waals surface area contributed by atoms with E-state index < -0.39 is 0 Å². The number of carbonyl (C=O) groups is 1. The molecule has 0 aliphatic rings. The molecule has 1 rings (SSSR count). The van der Waals surface area contributed by atoms with Crippen molar-refractivity contribution in [3.8, 4) is 5.75 Å². The minimum absolute atomic E-state index is 0. The first-order valence-electron chi connectivity index (χ1n) is 2.59. The van der Waals surface area contributed by atoms with E-state index in [2.05, 4.69) is 4.74 Å². The van der Waals surface area contributed by atoms with Crippen molar-refractivity contribution in [1.82, 2.24) is 0 Å². The van der Waals surface area contributed by atoms with Gasteiger partial charge in [0.05, 0.1) is 0 Å². The Hall–Kier alpha value is -0.0503. The standard InChI is InChI=1S/C7H6O2.Ca.2H/c8-6-9-7-4-2-1-3-5-7;;;/h1-6H;;;/q;+2;2*-1. The molecule has 0 unspecified atom stereocenters. The third kappa shape index (κ3) is 3.20. The van der Waals surface area contributed by atoms with Crippen LogP contribution in [0.15, 0.2) is 30.3 Å². The minimum Gasteiger partial charge on any atom is -1.00 e. The molecule has 0 amide bonds. The Morgan fingerprint density at radius 2 is 1.90 bits per heavy atom. The third-order valence-electron chi connectivity index (χ3n) is 0.927. The van der Waals surface area contributed by atoms with Crippen molar-refractivity contribution in [3.63, 3.8) is 0 Å². The maximum atomic E-state index is 9.75. The van der Waals surface area contributed by atoms with Gasteiger partial charge in [0.1, 0.15) is 5.75 Å². The Balaban J connectivity index is -0.000000270. The summed E-state index contributed by atoms with van der Waals surface area (Å²) in [6, 6.07) is 8.90. The van der Waals surface area contributed by atoms with E-state index in [-0.39, 0.29) is 40.6 Å². The summed E-state index contributed by atoms with van der Waals surface area (Å²) in [5.74, 6) is 0.576. The molecule has 1 aromatic carbocycles. The van der Waals surface area contributed by atoms with Gasteiger partial charge in [-0.15, -0.1) is 0 Å². The third-order valence-corrected chi connectivity index (χ3v) is 0.927. The normalized spacial score (nSPS) is 7.60. The maximum absolute atomic E-state index is 9.75. The molecule has 0 fully saturated rings. The molecule has 2 nitrogen and oxygen atoms in total. The Kier molecular flexibility index (Phi) is 5.68. The smallest absolute Gasteiger partial charge is 1.00 e. The molecule has 0 aliphatic heterocycles. The molecule has 50 valence electrons. The zero-order chi connectivity index (χ0) is 6.53. The monoisotopic (exact) mass is 164 g/mol. The summed E-state index contributed by atoms with van der Waals surface area (Å²) in [6.07, 6.45) is 0. The fourth-order valence-corrected chi connectivity index (χ4v) is 0.555. The van der Waals surface area contributed by atoms with Gasteiger partial charge >= 0.3 is 37.7 Å². The van der Waals surface area contributed by atoms with Gasteiger partial charge in [0.2, 0.25) is 0 Å². The van der Waals surface area contributed by atoms with Crippen LogP contribution in [-0.4, -0.2) is 44.2 Å². The SMILES string of the molecule is O=COc1ccccc1.[Ca+2].[H-].[H-]. The number of hydrogen-bond acceptors (Lipinski definition) is 2. The summed E-state index contributed by atoms with van der Waals surface area (Å²) in [5, 5.41) is 0. The molecule has 0 aromatic heterocycles. The van der Waals surface area contributed by atoms with Crippen molar-refractivity contribution in [1.29, 1.82) is 0 Å². The van der Waals surface area contributed by atoms with Gasteiger partial charge in [-0.1, -0.05) is 18.2 Å². The van der Waals surface area contributed by atoms with Crippen molar-refractivity contribution in [2.75, 3.05) is 0 Å². The second-order valence-corrected chi connectivity index (χ2v) is 1.53. The van der Waals surface area contributed by atoms with Crippen molar-refractivity contribution in [2.24, 2.45) is 0 Å². The number of hydrogen-bond donors (Lipinski definition) is 0. The molecule has 0 saturated heterocycles. The topological polar surface area (TPSA) is 26.3 Å². The first-order valence-corrected chi connectivity index (χ1v) is 2.59. The van der Waals surface area contributed by atoms with Crippen molar-refractivity contribution in [2.45, 2.75) is 0 Å². The number of benzene rings is 1. The van der Waals surface area contributed by atoms with Crippen molar-refractivity contribution >= 4 is 44.2 Å². The van der Waals surface area contributed by atoms with Crippen LogP contribution < -0.4 is 4.74 Å². The van der Waals surface area contributed by atoms with Gasteiger partial charge in [-0.05, 0) is 12.1 Å². The van der Waals surface area contributed by atoms with E-state index in [4.69, 9.17) is 0 Å². The van der Waals surface area contributed by atoms with Gasteiger partial charge in [0.25, 0.3) is 6.47 Å². The molecule has 0 saturated carbocycles. The van der Waals surface area contributed by atoms with Gasteiger partial charge in [-0.3, -0.25) is 4.79 Å². The van der Waals surface area contributed by atoms with E-state index in [1.54, 1.807) is 24.3 Å². The van der Waals surface area contributed by atoms with Gasteiger partial charge < -0.3 is 7.59 Å². The number of carbonyl (C=O) groups excluding carboxylic acids is 1. The Morgan fingerprint density at radius 1 is 1.30 bits per heavy atom. The molecule has 0 spiro atoms. The van der Waals surface area contributed by atoms with E-state index in [0.717, 1.165) is 0 Å². The van der Waals surface area contributed by atoms with E-state index in [1.165, 1.54) is 0 Å². The zero-order valence-electron chi connectivity index (χ0n) is 7.49. The molecule has 0 aliphatic carbocycles.